The molecule has 30 heavy (non-hydrogen) atoms. The van der Waals surface area contributed by atoms with Gasteiger partial charge in [-0.1, -0.05) is 48.5 Å². The van der Waals surface area contributed by atoms with E-state index in [4.69, 9.17) is 4.74 Å². The van der Waals surface area contributed by atoms with E-state index in [1.165, 1.54) is 0 Å². The number of nitrogens with one attached hydrogen (secondary N) is 2. The van der Waals surface area contributed by atoms with Crippen molar-refractivity contribution < 1.29 is 9.53 Å². The Morgan fingerprint density at radius 3 is 2.63 bits per heavy atom. The number of nitrogens with zero attached hydrogens (tertiary/aromatic N) is 2. The number of ether oxygens (including phenoxy) is 1. The summed E-state index contributed by atoms with van der Waals surface area (Å²) in [6, 6.07) is 23.5. The predicted molar refractivity (Wildman–Crippen MR) is 119 cm³/mol. The summed E-state index contributed by atoms with van der Waals surface area (Å²) in [6.07, 6.45) is 0. The Hall–Kier alpha value is -3.93. The largest absolute Gasteiger partial charge is 0.493 e. The van der Waals surface area contributed by atoms with Gasteiger partial charge in [0.25, 0.3) is 5.91 Å². The molecule has 0 unspecified atom stereocenters. The lowest BCUT2D eigenvalue weighted by atomic mass is 10.0. The lowest BCUT2D eigenvalue weighted by Gasteiger charge is -2.07. The second-order valence-corrected chi connectivity index (χ2v) is 6.80. The smallest absolute Gasteiger partial charge is 0.289 e. The molecule has 1 heterocycles. The van der Waals surface area contributed by atoms with Crippen molar-refractivity contribution in [2.24, 2.45) is 5.10 Å². The van der Waals surface area contributed by atoms with Crippen LogP contribution in [0.25, 0.3) is 22.0 Å². The molecule has 0 saturated heterocycles. The minimum absolute atomic E-state index is 0.325. The van der Waals surface area contributed by atoms with E-state index >= 15 is 0 Å². The molecule has 0 aliphatic carbocycles. The molecule has 0 radical (unpaired) electrons. The number of fused-ring (bicyclic) bond motifs is 1. The molecule has 2 N–H and O–H groups in total. The van der Waals surface area contributed by atoms with Crippen LogP contribution in [0.2, 0.25) is 0 Å². The maximum Gasteiger partial charge on any atom is 0.289 e. The van der Waals surface area contributed by atoms with Crippen LogP contribution in [0.15, 0.2) is 77.9 Å². The third-order valence-corrected chi connectivity index (χ3v) is 4.78. The maximum absolute atomic E-state index is 12.5. The van der Waals surface area contributed by atoms with Gasteiger partial charge < -0.3 is 4.74 Å². The molecular weight excluding hydrogens is 376 g/mol. The van der Waals surface area contributed by atoms with E-state index in [-0.39, 0.29) is 5.91 Å². The van der Waals surface area contributed by atoms with Gasteiger partial charge in [0.15, 0.2) is 0 Å². The molecule has 6 heteroatoms. The van der Waals surface area contributed by atoms with E-state index in [1.54, 1.807) is 6.07 Å². The lowest BCUT2D eigenvalue weighted by molar-refractivity contribution is 0.0950. The van der Waals surface area contributed by atoms with Crippen LogP contribution < -0.4 is 10.2 Å². The fraction of sp³-hybridized carbons (Fsp3) is 0.125. The summed E-state index contributed by atoms with van der Waals surface area (Å²) in [5.41, 5.74) is 6.05. The van der Waals surface area contributed by atoms with E-state index < -0.39 is 0 Å². The highest BCUT2D eigenvalue weighted by Crippen LogP contribution is 2.28. The van der Waals surface area contributed by atoms with E-state index in [0.29, 0.717) is 18.0 Å². The average Bonchev–Trinajstić information content (AvgIpc) is 3.28. The molecule has 0 aliphatic heterocycles. The Kier molecular flexibility index (Phi) is 5.57. The fourth-order valence-corrected chi connectivity index (χ4v) is 3.21. The fourth-order valence-electron chi connectivity index (χ4n) is 3.21. The normalized spacial score (nSPS) is 11.5. The zero-order chi connectivity index (χ0) is 20.9. The molecule has 0 atom stereocenters. The molecule has 4 rings (SSSR count). The van der Waals surface area contributed by atoms with Crippen LogP contribution >= 0.6 is 0 Å². The highest BCUT2D eigenvalue weighted by Gasteiger charge is 2.13. The zero-order valence-corrected chi connectivity index (χ0v) is 16.8. The second-order valence-electron chi connectivity index (χ2n) is 6.80. The van der Waals surface area contributed by atoms with Crippen molar-refractivity contribution in [2.45, 2.75) is 13.8 Å². The minimum atomic E-state index is -0.359. The van der Waals surface area contributed by atoms with E-state index in [2.05, 4.69) is 38.9 Å². The summed E-state index contributed by atoms with van der Waals surface area (Å²) in [7, 11) is 0. The molecule has 1 aromatic heterocycles. The predicted octanol–water partition coefficient (Wildman–Crippen LogP) is 4.78. The number of rotatable bonds is 6. The first-order chi connectivity index (χ1) is 14.7. The molecular formula is C24H22N4O2. The van der Waals surface area contributed by atoms with Crippen LogP contribution in [0.4, 0.5) is 0 Å². The van der Waals surface area contributed by atoms with Crippen molar-refractivity contribution in [2.75, 3.05) is 6.61 Å². The van der Waals surface area contributed by atoms with Gasteiger partial charge in [0, 0.05) is 5.56 Å². The van der Waals surface area contributed by atoms with Gasteiger partial charge in [0.1, 0.15) is 11.4 Å². The van der Waals surface area contributed by atoms with Crippen LogP contribution in [-0.4, -0.2) is 28.4 Å². The SMILES string of the molecule is CCOc1ccccc1-c1cc(C(=O)NN=C(C)c2ccc3ccccc3c2)[nH]n1. The quantitative estimate of drug-likeness (QED) is 0.362. The Morgan fingerprint density at radius 2 is 1.80 bits per heavy atom. The number of hydrazone groups is 1. The molecule has 0 aliphatic rings. The molecule has 0 bridgehead atoms. The Balaban J connectivity index is 1.50. The van der Waals surface area contributed by atoms with Crippen LogP contribution in [0.3, 0.4) is 0 Å². The highest BCUT2D eigenvalue weighted by molar-refractivity contribution is 6.03. The summed E-state index contributed by atoms with van der Waals surface area (Å²) in [5, 5.41) is 13.6. The molecule has 0 saturated carbocycles. The first-order valence-electron chi connectivity index (χ1n) is 9.77. The van der Waals surface area contributed by atoms with E-state index in [0.717, 1.165) is 33.4 Å². The average molecular weight is 398 g/mol. The van der Waals surface area contributed by atoms with E-state index in [9.17, 15) is 4.79 Å². The zero-order valence-electron chi connectivity index (χ0n) is 16.8. The van der Waals surface area contributed by atoms with Crippen molar-refractivity contribution in [3.05, 3.63) is 84.1 Å². The van der Waals surface area contributed by atoms with Gasteiger partial charge in [0.2, 0.25) is 0 Å². The topological polar surface area (TPSA) is 79.4 Å². The Bertz CT molecular complexity index is 1230. The third-order valence-electron chi connectivity index (χ3n) is 4.78. The molecule has 6 nitrogen and oxygen atoms in total. The van der Waals surface area contributed by atoms with Crippen LogP contribution in [0.1, 0.15) is 29.9 Å². The van der Waals surface area contributed by atoms with E-state index in [1.807, 2.05) is 62.4 Å². The monoisotopic (exact) mass is 398 g/mol. The molecule has 1 amide bonds. The molecule has 150 valence electrons. The number of para-hydroxylation sites is 1. The van der Waals surface area contributed by atoms with Crippen molar-refractivity contribution >= 4 is 22.4 Å². The molecule has 3 aromatic carbocycles. The Labute approximate surface area is 174 Å². The summed E-state index contributed by atoms with van der Waals surface area (Å²) in [4.78, 5) is 12.5. The molecule has 4 aromatic rings. The number of aromatic nitrogens is 2. The van der Waals surface area contributed by atoms with Crippen molar-refractivity contribution in [3.63, 3.8) is 0 Å². The van der Waals surface area contributed by atoms with Gasteiger partial charge in [0.05, 0.1) is 18.0 Å². The van der Waals surface area contributed by atoms with Gasteiger partial charge >= 0.3 is 0 Å². The number of carbonyl (C=O) groups is 1. The summed E-state index contributed by atoms with van der Waals surface area (Å²) >= 11 is 0. The number of hydrogen-bond donors (Lipinski definition) is 2. The van der Waals surface area contributed by atoms with Crippen molar-refractivity contribution in [1.82, 2.24) is 15.6 Å². The van der Waals surface area contributed by atoms with Crippen LogP contribution in [-0.2, 0) is 0 Å². The van der Waals surface area contributed by atoms with Gasteiger partial charge in [-0.3, -0.25) is 9.89 Å². The molecule has 0 spiro atoms. The second kappa shape index (κ2) is 8.61. The number of amides is 1. The lowest BCUT2D eigenvalue weighted by Crippen LogP contribution is -2.19. The van der Waals surface area contributed by atoms with Gasteiger partial charge in [-0.15, -0.1) is 0 Å². The van der Waals surface area contributed by atoms with Gasteiger partial charge in [-0.05, 0) is 54.4 Å². The molecule has 0 fully saturated rings. The summed E-state index contributed by atoms with van der Waals surface area (Å²) in [6.45, 7) is 4.34. The highest BCUT2D eigenvalue weighted by atomic mass is 16.5. The van der Waals surface area contributed by atoms with Gasteiger partial charge in [-0.25, -0.2) is 5.43 Å². The van der Waals surface area contributed by atoms with Crippen molar-refractivity contribution in [3.8, 4) is 17.0 Å². The number of carbonyl (C=O) groups excluding carboxylic acids is 1. The summed E-state index contributed by atoms with van der Waals surface area (Å²) in [5.74, 6) is 0.367. The number of aromatic amines is 1. The minimum Gasteiger partial charge on any atom is -0.493 e. The first-order valence-corrected chi connectivity index (χ1v) is 9.77. The van der Waals surface area contributed by atoms with Crippen molar-refractivity contribution in [1.29, 1.82) is 0 Å². The number of benzene rings is 3. The summed E-state index contributed by atoms with van der Waals surface area (Å²) < 4.78 is 5.64. The first kappa shape index (κ1) is 19.4. The van der Waals surface area contributed by atoms with Crippen LogP contribution in [0, 0.1) is 0 Å². The Morgan fingerprint density at radius 1 is 1.03 bits per heavy atom. The number of hydrogen-bond acceptors (Lipinski definition) is 4. The standard InChI is InChI=1S/C24H22N4O2/c1-3-30-23-11-7-6-10-20(23)21-15-22(27-26-21)24(29)28-25-16(2)18-13-12-17-8-4-5-9-19(17)14-18/h4-15H,3H2,1-2H3,(H,26,27)(H,28,29). The number of H-pyrrole nitrogens is 1. The maximum atomic E-state index is 12.5. The van der Waals surface area contributed by atoms with Gasteiger partial charge in [-0.2, -0.15) is 10.2 Å². The third kappa shape index (κ3) is 4.07. The van der Waals surface area contributed by atoms with Crippen LogP contribution in [0.5, 0.6) is 5.75 Å².